The largest absolute Gasteiger partial charge is 0.481 e. The average Bonchev–Trinajstić information content (AvgIpc) is 3.29. The summed E-state index contributed by atoms with van der Waals surface area (Å²) in [6.07, 6.45) is 7.97. The van der Waals surface area contributed by atoms with Crippen LogP contribution < -0.4 is 0 Å². The Morgan fingerprint density at radius 3 is 2.76 bits per heavy atom. The molecule has 0 aliphatic heterocycles. The minimum Gasteiger partial charge on any atom is -0.481 e. The van der Waals surface area contributed by atoms with Crippen LogP contribution in [0.4, 0.5) is 8.78 Å². The van der Waals surface area contributed by atoms with Gasteiger partial charge in [-0.25, -0.2) is 23.7 Å². The molecule has 0 spiro atoms. The second kappa shape index (κ2) is 7.50. The van der Waals surface area contributed by atoms with Crippen molar-refractivity contribution in [3.63, 3.8) is 0 Å². The van der Waals surface area contributed by atoms with Crippen LogP contribution in [0.5, 0.6) is 0 Å². The molecule has 0 unspecified atom stereocenters. The highest BCUT2D eigenvalue weighted by molar-refractivity contribution is 5.91. The SMILES string of the molecule is CC1([C@@H](CC(=O)O)Cc2nc(-c3c[nH]c4ncc(F)cc34)ncc2F)CCCC1. The van der Waals surface area contributed by atoms with E-state index in [4.69, 9.17) is 0 Å². The molecule has 1 saturated carbocycles. The van der Waals surface area contributed by atoms with Crippen LogP contribution in [0.1, 0.15) is 44.7 Å². The fourth-order valence-electron chi connectivity index (χ4n) is 4.44. The number of hydrogen-bond donors (Lipinski definition) is 2. The van der Waals surface area contributed by atoms with E-state index < -0.39 is 17.6 Å². The van der Waals surface area contributed by atoms with Crippen molar-refractivity contribution in [1.82, 2.24) is 19.9 Å². The molecule has 2 N–H and O–H groups in total. The number of carbonyl (C=O) groups is 1. The van der Waals surface area contributed by atoms with E-state index in [9.17, 15) is 18.7 Å². The molecule has 152 valence electrons. The van der Waals surface area contributed by atoms with Gasteiger partial charge in [0.05, 0.1) is 18.1 Å². The van der Waals surface area contributed by atoms with Gasteiger partial charge in [0.1, 0.15) is 11.5 Å². The van der Waals surface area contributed by atoms with Gasteiger partial charge in [-0.3, -0.25) is 4.79 Å². The molecule has 3 aromatic rings. The van der Waals surface area contributed by atoms with Crippen molar-refractivity contribution in [3.8, 4) is 11.4 Å². The fraction of sp³-hybridized carbons (Fsp3) is 0.429. The number of aromatic nitrogens is 4. The summed E-state index contributed by atoms with van der Waals surface area (Å²) < 4.78 is 28.2. The number of carboxylic acids is 1. The first-order valence-electron chi connectivity index (χ1n) is 9.72. The van der Waals surface area contributed by atoms with Crippen molar-refractivity contribution in [2.24, 2.45) is 11.3 Å². The highest BCUT2D eigenvalue weighted by Gasteiger charge is 2.38. The van der Waals surface area contributed by atoms with Crippen LogP contribution >= 0.6 is 0 Å². The summed E-state index contributed by atoms with van der Waals surface area (Å²) in [7, 11) is 0. The summed E-state index contributed by atoms with van der Waals surface area (Å²) >= 11 is 0. The molecular weight excluding hydrogens is 378 g/mol. The highest BCUT2D eigenvalue weighted by atomic mass is 19.1. The van der Waals surface area contributed by atoms with E-state index in [1.165, 1.54) is 6.07 Å². The maximum atomic E-state index is 14.5. The maximum absolute atomic E-state index is 14.5. The van der Waals surface area contributed by atoms with Gasteiger partial charge >= 0.3 is 5.97 Å². The zero-order valence-corrected chi connectivity index (χ0v) is 16.1. The van der Waals surface area contributed by atoms with Crippen LogP contribution in [-0.2, 0) is 11.2 Å². The summed E-state index contributed by atoms with van der Waals surface area (Å²) in [5.41, 5.74) is 1.05. The monoisotopic (exact) mass is 400 g/mol. The Hall–Kier alpha value is -2.90. The first-order chi connectivity index (χ1) is 13.9. The first kappa shape index (κ1) is 19.4. The van der Waals surface area contributed by atoms with Crippen LogP contribution in [-0.4, -0.2) is 31.0 Å². The predicted molar refractivity (Wildman–Crippen MR) is 103 cm³/mol. The molecular formula is C21H22F2N4O2. The molecule has 1 fully saturated rings. The number of pyridine rings is 1. The predicted octanol–water partition coefficient (Wildman–Crippen LogP) is 4.51. The minimum absolute atomic E-state index is 0.0303. The smallest absolute Gasteiger partial charge is 0.303 e. The van der Waals surface area contributed by atoms with Gasteiger partial charge in [-0.2, -0.15) is 0 Å². The number of carboxylic acid groups (broad SMARTS) is 1. The number of nitrogens with zero attached hydrogens (tertiary/aromatic N) is 3. The molecule has 6 nitrogen and oxygen atoms in total. The van der Waals surface area contributed by atoms with Crippen LogP contribution in [0.2, 0.25) is 0 Å². The summed E-state index contributed by atoms with van der Waals surface area (Å²) in [6, 6.07) is 1.33. The number of rotatable bonds is 6. The van der Waals surface area contributed by atoms with Crippen molar-refractivity contribution in [2.75, 3.05) is 0 Å². The number of hydrogen-bond acceptors (Lipinski definition) is 4. The lowest BCUT2D eigenvalue weighted by Gasteiger charge is -2.33. The minimum atomic E-state index is -0.893. The van der Waals surface area contributed by atoms with Gasteiger partial charge in [0, 0.05) is 23.6 Å². The maximum Gasteiger partial charge on any atom is 0.303 e. The van der Waals surface area contributed by atoms with E-state index in [1.807, 2.05) is 0 Å². The molecule has 0 radical (unpaired) electrons. The second-order valence-corrected chi connectivity index (χ2v) is 8.10. The van der Waals surface area contributed by atoms with E-state index >= 15 is 0 Å². The summed E-state index contributed by atoms with van der Waals surface area (Å²) in [5, 5.41) is 9.89. The van der Waals surface area contributed by atoms with E-state index in [0.29, 0.717) is 16.6 Å². The molecule has 4 rings (SSSR count). The third kappa shape index (κ3) is 3.83. The molecule has 1 aliphatic rings. The van der Waals surface area contributed by atoms with Gasteiger partial charge in [0.15, 0.2) is 11.6 Å². The Morgan fingerprint density at radius 1 is 1.28 bits per heavy atom. The molecule has 0 aromatic carbocycles. The Kier molecular flexibility index (Phi) is 5.02. The third-order valence-electron chi connectivity index (χ3n) is 6.15. The van der Waals surface area contributed by atoms with Gasteiger partial charge < -0.3 is 10.1 Å². The zero-order valence-electron chi connectivity index (χ0n) is 16.1. The number of fused-ring (bicyclic) bond motifs is 1. The molecule has 0 saturated heterocycles. The highest BCUT2D eigenvalue weighted by Crippen LogP contribution is 2.46. The lowest BCUT2D eigenvalue weighted by atomic mass is 9.72. The number of aliphatic carboxylic acids is 1. The van der Waals surface area contributed by atoms with E-state index in [2.05, 4.69) is 26.9 Å². The standard InChI is InChI=1S/C21H22F2N4O2/c1-21(4-2-3-5-21)12(7-18(28)29)6-17-16(23)11-26-20(27-17)15-10-25-19-14(15)8-13(22)9-24-19/h8-12H,2-7H2,1H3,(H,24,25)(H,28,29)/t12-/m1/s1. The van der Waals surface area contributed by atoms with Crippen molar-refractivity contribution in [1.29, 1.82) is 0 Å². The number of halogens is 2. The lowest BCUT2D eigenvalue weighted by molar-refractivity contribution is -0.139. The fourth-order valence-corrected chi connectivity index (χ4v) is 4.44. The van der Waals surface area contributed by atoms with Gasteiger partial charge in [0.25, 0.3) is 0 Å². The molecule has 1 atom stereocenters. The topological polar surface area (TPSA) is 91.8 Å². The van der Waals surface area contributed by atoms with Gasteiger partial charge in [-0.05, 0) is 36.7 Å². The second-order valence-electron chi connectivity index (χ2n) is 8.10. The van der Waals surface area contributed by atoms with Gasteiger partial charge in [0.2, 0.25) is 0 Å². The molecule has 0 amide bonds. The van der Waals surface area contributed by atoms with Crippen LogP contribution in [0.3, 0.4) is 0 Å². The Bertz CT molecular complexity index is 1060. The molecule has 3 aromatic heterocycles. The summed E-state index contributed by atoms with van der Waals surface area (Å²) in [6.45, 7) is 2.09. The van der Waals surface area contributed by atoms with Crippen molar-refractivity contribution in [2.45, 2.75) is 45.4 Å². The van der Waals surface area contributed by atoms with E-state index in [-0.39, 0.29) is 35.7 Å². The number of aromatic amines is 1. The number of H-pyrrole nitrogens is 1. The van der Waals surface area contributed by atoms with E-state index in [1.54, 1.807) is 6.20 Å². The number of nitrogens with one attached hydrogen (secondary N) is 1. The van der Waals surface area contributed by atoms with Crippen molar-refractivity contribution < 1.29 is 18.7 Å². The molecule has 3 heterocycles. The third-order valence-corrected chi connectivity index (χ3v) is 6.15. The average molecular weight is 400 g/mol. The molecule has 1 aliphatic carbocycles. The molecule has 29 heavy (non-hydrogen) atoms. The Morgan fingerprint density at radius 2 is 2.03 bits per heavy atom. The van der Waals surface area contributed by atoms with Crippen molar-refractivity contribution in [3.05, 3.63) is 42.0 Å². The van der Waals surface area contributed by atoms with Gasteiger partial charge in [-0.1, -0.05) is 19.8 Å². The van der Waals surface area contributed by atoms with Gasteiger partial charge in [-0.15, -0.1) is 0 Å². The normalized spacial score (nSPS) is 16.9. The molecule has 8 heteroatoms. The van der Waals surface area contributed by atoms with Crippen LogP contribution in [0, 0.1) is 23.0 Å². The Labute approximate surface area is 166 Å². The summed E-state index contributed by atoms with van der Waals surface area (Å²) in [5.74, 6) is -1.91. The summed E-state index contributed by atoms with van der Waals surface area (Å²) in [4.78, 5) is 26.8. The van der Waals surface area contributed by atoms with E-state index in [0.717, 1.165) is 38.1 Å². The molecule has 0 bridgehead atoms. The van der Waals surface area contributed by atoms with Crippen molar-refractivity contribution >= 4 is 17.0 Å². The lowest BCUT2D eigenvalue weighted by Crippen LogP contribution is -2.29. The zero-order chi connectivity index (χ0) is 20.6. The quantitative estimate of drug-likeness (QED) is 0.635. The van der Waals surface area contributed by atoms with Crippen LogP contribution in [0.25, 0.3) is 22.4 Å². The first-order valence-corrected chi connectivity index (χ1v) is 9.72. The Balaban J connectivity index is 1.70. The van der Waals surface area contributed by atoms with Crippen LogP contribution in [0.15, 0.2) is 24.7 Å².